The van der Waals surface area contributed by atoms with E-state index in [1.165, 1.54) is 11.1 Å². The lowest BCUT2D eigenvalue weighted by Gasteiger charge is -2.12. The molecule has 0 fully saturated rings. The highest BCUT2D eigenvalue weighted by Crippen LogP contribution is 2.45. The molecule has 262 valence electrons. The minimum Gasteiger partial charge on any atom is -0.456 e. The lowest BCUT2D eigenvalue weighted by atomic mass is 9.93. The normalized spacial score (nSPS) is 11.6. The first kappa shape index (κ1) is 31.9. The van der Waals surface area contributed by atoms with Crippen LogP contribution < -0.4 is 0 Å². The van der Waals surface area contributed by atoms with Crippen LogP contribution in [0.25, 0.3) is 111 Å². The van der Waals surface area contributed by atoms with Crippen molar-refractivity contribution in [3.8, 4) is 67.3 Å². The predicted octanol–water partition coefficient (Wildman–Crippen LogP) is 14.3. The summed E-state index contributed by atoms with van der Waals surface area (Å²) in [7, 11) is 0. The van der Waals surface area contributed by atoms with Gasteiger partial charge in [0.1, 0.15) is 22.3 Å². The molecule has 11 aromatic rings. The summed E-state index contributed by atoms with van der Waals surface area (Å²) in [4.78, 5) is 10.4. The van der Waals surface area contributed by atoms with E-state index >= 15 is 0 Å². The van der Waals surface area contributed by atoms with Gasteiger partial charge >= 0.3 is 0 Å². The molecular weight excluding hydrogens is 685 g/mol. The van der Waals surface area contributed by atoms with Gasteiger partial charge in [0.2, 0.25) is 0 Å². The molecule has 0 saturated carbocycles. The molecule has 0 spiro atoms. The highest BCUT2D eigenvalue weighted by atomic mass is 16.3. The Morgan fingerprint density at radius 1 is 0.304 bits per heavy atom. The molecule has 0 aliphatic carbocycles. The van der Waals surface area contributed by atoms with E-state index in [1.807, 2.05) is 54.6 Å². The third-order valence-electron chi connectivity index (χ3n) is 10.8. The smallest absolute Gasteiger partial charge is 0.160 e. The molecule has 0 aliphatic heterocycles. The molecule has 4 nitrogen and oxygen atoms in total. The number of rotatable bonds is 6. The van der Waals surface area contributed by atoms with E-state index in [0.717, 1.165) is 94.2 Å². The maximum atomic E-state index is 6.79. The van der Waals surface area contributed by atoms with E-state index in [1.54, 1.807) is 0 Å². The van der Waals surface area contributed by atoms with Crippen LogP contribution >= 0.6 is 0 Å². The fraction of sp³-hybridized carbons (Fsp3) is 0. The predicted molar refractivity (Wildman–Crippen MR) is 229 cm³/mol. The molecule has 56 heavy (non-hydrogen) atoms. The summed E-state index contributed by atoms with van der Waals surface area (Å²) < 4.78 is 13.1. The van der Waals surface area contributed by atoms with Gasteiger partial charge in [-0.1, -0.05) is 164 Å². The van der Waals surface area contributed by atoms with Gasteiger partial charge in [0.15, 0.2) is 5.82 Å². The largest absolute Gasteiger partial charge is 0.456 e. The molecule has 0 atom stereocenters. The highest BCUT2D eigenvalue weighted by molar-refractivity contribution is 6.21. The number of para-hydroxylation sites is 2. The summed E-state index contributed by atoms with van der Waals surface area (Å²) in [5.41, 5.74) is 14.7. The molecule has 0 unspecified atom stereocenters. The van der Waals surface area contributed by atoms with Crippen LogP contribution in [0.2, 0.25) is 0 Å². The molecular formula is C52H32N2O2. The van der Waals surface area contributed by atoms with Crippen LogP contribution in [-0.4, -0.2) is 9.97 Å². The summed E-state index contributed by atoms with van der Waals surface area (Å²) in [6.07, 6.45) is 0. The average molecular weight is 717 g/mol. The Hall–Kier alpha value is -7.56. The van der Waals surface area contributed by atoms with Crippen molar-refractivity contribution in [2.75, 3.05) is 0 Å². The lowest BCUT2D eigenvalue weighted by molar-refractivity contribution is 0.668. The van der Waals surface area contributed by atoms with Gasteiger partial charge in [-0.25, -0.2) is 9.97 Å². The van der Waals surface area contributed by atoms with E-state index in [-0.39, 0.29) is 0 Å². The second-order valence-corrected chi connectivity index (χ2v) is 14.1. The number of fused-ring (bicyclic) bond motifs is 6. The monoisotopic (exact) mass is 716 g/mol. The van der Waals surface area contributed by atoms with E-state index in [0.29, 0.717) is 5.82 Å². The van der Waals surface area contributed by atoms with Gasteiger partial charge in [0.05, 0.1) is 11.4 Å². The van der Waals surface area contributed by atoms with Crippen LogP contribution in [0.1, 0.15) is 0 Å². The Kier molecular flexibility index (Phi) is 7.46. The fourth-order valence-electron chi connectivity index (χ4n) is 8.02. The molecule has 8 aromatic carbocycles. The summed E-state index contributed by atoms with van der Waals surface area (Å²) in [6, 6.07) is 67.2. The Morgan fingerprint density at radius 2 is 0.786 bits per heavy atom. The molecule has 0 radical (unpaired) electrons. The number of hydrogen-bond donors (Lipinski definition) is 0. The van der Waals surface area contributed by atoms with Gasteiger partial charge in [0.25, 0.3) is 0 Å². The molecule has 0 aliphatic rings. The van der Waals surface area contributed by atoms with Crippen LogP contribution in [0.5, 0.6) is 0 Å². The van der Waals surface area contributed by atoms with E-state index in [2.05, 4.69) is 140 Å². The second kappa shape index (κ2) is 13.1. The zero-order chi connectivity index (χ0) is 37.0. The molecule has 11 rings (SSSR count). The van der Waals surface area contributed by atoms with Crippen molar-refractivity contribution in [3.05, 3.63) is 194 Å². The van der Waals surface area contributed by atoms with Crippen molar-refractivity contribution in [1.82, 2.24) is 9.97 Å². The summed E-state index contributed by atoms with van der Waals surface area (Å²) in [5.74, 6) is 0.648. The van der Waals surface area contributed by atoms with Crippen LogP contribution in [0, 0.1) is 0 Å². The fourth-order valence-corrected chi connectivity index (χ4v) is 8.02. The van der Waals surface area contributed by atoms with E-state index < -0.39 is 0 Å². The average Bonchev–Trinajstić information content (AvgIpc) is 3.86. The first-order valence-corrected chi connectivity index (χ1v) is 18.8. The standard InChI is InChI=1S/C52H32N2O2/c1-3-12-33(13-4-1)34-22-24-35(25-23-34)36-26-28-38(29-27-36)52-53-44(37-14-5-2-6-15-37)32-45(54-52)41-31-30-40(50-43-17-8-10-20-47(43)56-51(41)50)39-18-11-21-48-49(39)42-16-7-9-19-46(42)55-48/h1-32H. The first-order valence-electron chi connectivity index (χ1n) is 18.8. The molecule has 0 N–H and O–H groups in total. The third-order valence-corrected chi connectivity index (χ3v) is 10.8. The van der Waals surface area contributed by atoms with Gasteiger partial charge in [-0.05, 0) is 63.7 Å². The minimum absolute atomic E-state index is 0.648. The summed E-state index contributed by atoms with van der Waals surface area (Å²) in [6.45, 7) is 0. The molecule has 0 amide bonds. The molecule has 4 heteroatoms. The van der Waals surface area contributed by atoms with Crippen LogP contribution in [0.4, 0.5) is 0 Å². The van der Waals surface area contributed by atoms with E-state index in [4.69, 9.17) is 18.8 Å². The number of furan rings is 2. The maximum Gasteiger partial charge on any atom is 0.160 e. The Morgan fingerprint density at radius 3 is 1.46 bits per heavy atom. The topological polar surface area (TPSA) is 52.1 Å². The number of hydrogen-bond acceptors (Lipinski definition) is 4. The Labute approximate surface area is 323 Å². The van der Waals surface area contributed by atoms with Crippen molar-refractivity contribution in [2.24, 2.45) is 0 Å². The molecule has 3 aromatic heterocycles. The molecule has 0 bridgehead atoms. The van der Waals surface area contributed by atoms with E-state index in [9.17, 15) is 0 Å². The number of nitrogens with zero attached hydrogens (tertiary/aromatic N) is 2. The lowest BCUT2D eigenvalue weighted by Crippen LogP contribution is -1.96. The summed E-state index contributed by atoms with van der Waals surface area (Å²) >= 11 is 0. The zero-order valence-corrected chi connectivity index (χ0v) is 30.2. The van der Waals surface area contributed by atoms with Gasteiger partial charge in [-0.2, -0.15) is 0 Å². The van der Waals surface area contributed by atoms with Gasteiger partial charge in [0, 0.05) is 38.2 Å². The molecule has 3 heterocycles. The van der Waals surface area contributed by atoms with Crippen LogP contribution in [-0.2, 0) is 0 Å². The summed E-state index contributed by atoms with van der Waals surface area (Å²) in [5, 5.41) is 4.27. The van der Waals surface area contributed by atoms with Gasteiger partial charge < -0.3 is 8.83 Å². The van der Waals surface area contributed by atoms with Crippen molar-refractivity contribution < 1.29 is 8.83 Å². The van der Waals surface area contributed by atoms with Crippen LogP contribution in [0.15, 0.2) is 203 Å². The second-order valence-electron chi connectivity index (χ2n) is 14.1. The Bertz CT molecular complexity index is 3220. The van der Waals surface area contributed by atoms with Crippen molar-refractivity contribution >= 4 is 43.9 Å². The third kappa shape index (κ3) is 5.39. The minimum atomic E-state index is 0.648. The van der Waals surface area contributed by atoms with Crippen LogP contribution in [0.3, 0.4) is 0 Å². The number of aromatic nitrogens is 2. The van der Waals surface area contributed by atoms with Crippen molar-refractivity contribution in [3.63, 3.8) is 0 Å². The van der Waals surface area contributed by atoms with Crippen molar-refractivity contribution in [2.45, 2.75) is 0 Å². The highest BCUT2D eigenvalue weighted by Gasteiger charge is 2.22. The first-order chi connectivity index (χ1) is 27.7. The van der Waals surface area contributed by atoms with Gasteiger partial charge in [-0.3, -0.25) is 0 Å². The van der Waals surface area contributed by atoms with Crippen molar-refractivity contribution in [1.29, 1.82) is 0 Å². The number of benzene rings is 8. The molecule has 0 saturated heterocycles. The zero-order valence-electron chi connectivity index (χ0n) is 30.2. The Balaban J connectivity index is 1.06. The quantitative estimate of drug-likeness (QED) is 0.172. The maximum absolute atomic E-state index is 6.79. The SMILES string of the molecule is c1ccc(-c2ccc(-c3ccc(-c4nc(-c5ccccc5)cc(-c5ccc(-c6cccc7oc8ccccc8c67)c6c5oc5ccccc56)n4)cc3)cc2)cc1. The van der Waals surface area contributed by atoms with Gasteiger partial charge in [-0.15, -0.1) is 0 Å².